The van der Waals surface area contributed by atoms with Crippen LogP contribution < -0.4 is 5.32 Å². The molecule has 1 aromatic carbocycles. The van der Waals surface area contributed by atoms with Crippen LogP contribution in [0.2, 0.25) is 5.02 Å². The van der Waals surface area contributed by atoms with E-state index in [2.05, 4.69) is 15.5 Å². The summed E-state index contributed by atoms with van der Waals surface area (Å²) >= 11 is 5.92. The van der Waals surface area contributed by atoms with Gasteiger partial charge in [0.2, 0.25) is 11.8 Å². The molecule has 3 amide bonds. The summed E-state index contributed by atoms with van der Waals surface area (Å²) in [4.78, 5) is 28.3. The topological polar surface area (TPSA) is 91.6 Å². The van der Waals surface area contributed by atoms with E-state index < -0.39 is 6.04 Å². The first kappa shape index (κ1) is 19.8. The van der Waals surface area contributed by atoms with E-state index in [1.165, 1.54) is 4.90 Å². The number of benzene rings is 1. The van der Waals surface area contributed by atoms with Crippen LogP contribution >= 0.6 is 11.6 Å². The van der Waals surface area contributed by atoms with Gasteiger partial charge >= 0.3 is 6.03 Å². The Morgan fingerprint density at radius 2 is 1.97 bits per heavy atom. The minimum absolute atomic E-state index is 0.165. The summed E-state index contributed by atoms with van der Waals surface area (Å²) in [5.74, 6) is 1.03. The molecule has 1 aliphatic carbocycles. The number of hydrogen-bond acceptors (Lipinski definition) is 6. The molecule has 1 atom stereocenters. The number of hydrogen-bond donors (Lipinski definition) is 1. The average molecular weight is 418 g/mol. The number of nitrogens with zero attached hydrogens (tertiary/aromatic N) is 4. The van der Waals surface area contributed by atoms with E-state index >= 15 is 0 Å². The second-order valence-electron chi connectivity index (χ2n) is 8.03. The Kier molecular flexibility index (Phi) is 5.56. The predicted octanol–water partition coefficient (Wildman–Crippen LogP) is 3.28. The molecule has 29 heavy (non-hydrogen) atoms. The van der Waals surface area contributed by atoms with Gasteiger partial charge in [0.25, 0.3) is 5.91 Å². The molecule has 9 heteroatoms. The molecule has 2 fully saturated rings. The number of rotatable bonds is 8. The van der Waals surface area contributed by atoms with Gasteiger partial charge in [-0.25, -0.2) is 9.69 Å². The fourth-order valence-electron chi connectivity index (χ4n) is 3.46. The van der Waals surface area contributed by atoms with Gasteiger partial charge in [-0.05, 0) is 49.4 Å². The Hall–Kier alpha value is -2.45. The Bertz CT molecular complexity index is 894. The molecule has 1 aromatic heterocycles. The maximum absolute atomic E-state index is 12.7. The first-order valence-corrected chi connectivity index (χ1v) is 10.2. The van der Waals surface area contributed by atoms with E-state index in [0.717, 1.165) is 18.4 Å². The third-order valence-corrected chi connectivity index (χ3v) is 5.35. The Labute approximate surface area is 174 Å². The van der Waals surface area contributed by atoms with Crippen LogP contribution in [0.5, 0.6) is 0 Å². The summed E-state index contributed by atoms with van der Waals surface area (Å²) in [5.41, 5.74) is 0.789. The van der Waals surface area contributed by atoms with Gasteiger partial charge in [-0.3, -0.25) is 9.69 Å². The molecule has 1 saturated heterocycles. The molecule has 1 aliphatic heterocycles. The molecule has 1 saturated carbocycles. The summed E-state index contributed by atoms with van der Waals surface area (Å²) in [6.07, 6.45) is 2.69. The zero-order valence-electron chi connectivity index (χ0n) is 16.5. The highest BCUT2D eigenvalue weighted by Gasteiger charge is 2.41. The molecule has 154 valence electrons. The highest BCUT2D eigenvalue weighted by molar-refractivity contribution is 6.30. The van der Waals surface area contributed by atoms with Crippen LogP contribution in [-0.4, -0.2) is 50.7 Å². The van der Waals surface area contributed by atoms with Crippen molar-refractivity contribution in [2.24, 2.45) is 5.92 Å². The van der Waals surface area contributed by atoms with Crippen LogP contribution in [0.3, 0.4) is 0 Å². The van der Waals surface area contributed by atoms with Crippen molar-refractivity contribution < 1.29 is 14.0 Å². The fraction of sp³-hybridized carbons (Fsp3) is 0.500. The van der Waals surface area contributed by atoms with E-state index in [1.54, 1.807) is 12.1 Å². The van der Waals surface area contributed by atoms with Crippen LogP contribution in [-0.2, 0) is 11.3 Å². The minimum Gasteiger partial charge on any atom is -0.419 e. The van der Waals surface area contributed by atoms with E-state index in [4.69, 9.17) is 16.0 Å². The third-order valence-electron chi connectivity index (χ3n) is 5.10. The second kappa shape index (κ2) is 8.12. The Balaban J connectivity index is 1.43. The molecule has 0 spiro atoms. The Morgan fingerprint density at radius 1 is 1.24 bits per heavy atom. The number of urea groups is 1. The van der Waals surface area contributed by atoms with Gasteiger partial charge in [0, 0.05) is 16.6 Å². The van der Waals surface area contributed by atoms with Crippen LogP contribution in [0.15, 0.2) is 28.7 Å². The maximum atomic E-state index is 12.7. The lowest BCUT2D eigenvalue weighted by Gasteiger charge is -2.24. The van der Waals surface area contributed by atoms with Gasteiger partial charge in [-0.1, -0.05) is 25.4 Å². The normalized spacial score (nSPS) is 19.5. The van der Waals surface area contributed by atoms with Crippen LogP contribution in [0, 0.1) is 5.92 Å². The maximum Gasteiger partial charge on any atom is 0.325 e. The monoisotopic (exact) mass is 417 g/mol. The largest absolute Gasteiger partial charge is 0.419 e. The van der Waals surface area contributed by atoms with E-state index in [0.29, 0.717) is 41.7 Å². The van der Waals surface area contributed by atoms with Crippen molar-refractivity contribution >= 4 is 23.5 Å². The molecule has 0 bridgehead atoms. The number of imide groups is 1. The fourth-order valence-corrected chi connectivity index (χ4v) is 3.58. The number of halogens is 1. The molecule has 0 unspecified atom stereocenters. The molecule has 0 radical (unpaired) electrons. The predicted molar refractivity (Wildman–Crippen MR) is 107 cm³/mol. The lowest BCUT2D eigenvalue weighted by atomic mass is 10.0. The van der Waals surface area contributed by atoms with Gasteiger partial charge in [-0.2, -0.15) is 0 Å². The van der Waals surface area contributed by atoms with E-state index in [9.17, 15) is 9.59 Å². The lowest BCUT2D eigenvalue weighted by Crippen LogP contribution is -2.42. The van der Waals surface area contributed by atoms with Crippen molar-refractivity contribution in [1.29, 1.82) is 0 Å². The summed E-state index contributed by atoms with van der Waals surface area (Å²) in [5, 5.41) is 11.7. The Morgan fingerprint density at radius 3 is 2.62 bits per heavy atom. The smallest absolute Gasteiger partial charge is 0.325 e. The quantitative estimate of drug-likeness (QED) is 0.663. The van der Waals surface area contributed by atoms with E-state index in [-0.39, 0.29) is 18.6 Å². The molecule has 1 N–H and O–H groups in total. The SMILES string of the molecule is CC(C)C[C@@H]1NC(=O)N(CN(Cc2nnc(-c3ccc(Cl)cc3)o2)C2CC2)C1=O. The lowest BCUT2D eigenvalue weighted by molar-refractivity contribution is -0.129. The number of amides is 3. The molecule has 2 aliphatic rings. The van der Waals surface area contributed by atoms with Crippen molar-refractivity contribution in [3.63, 3.8) is 0 Å². The summed E-state index contributed by atoms with van der Waals surface area (Å²) < 4.78 is 5.80. The van der Waals surface area contributed by atoms with Crippen molar-refractivity contribution in [1.82, 2.24) is 25.3 Å². The van der Waals surface area contributed by atoms with Crippen LogP contribution in [0.4, 0.5) is 4.79 Å². The summed E-state index contributed by atoms with van der Waals surface area (Å²) in [6.45, 7) is 4.68. The minimum atomic E-state index is -0.441. The zero-order chi connectivity index (χ0) is 20.5. The highest BCUT2D eigenvalue weighted by Crippen LogP contribution is 2.30. The number of carbonyl (C=O) groups is 2. The first-order valence-electron chi connectivity index (χ1n) is 9.85. The average Bonchev–Trinajstić information content (AvgIpc) is 3.37. The number of carbonyl (C=O) groups excluding carboxylic acids is 2. The van der Waals surface area contributed by atoms with Gasteiger partial charge < -0.3 is 9.73 Å². The molecule has 8 nitrogen and oxygen atoms in total. The van der Waals surface area contributed by atoms with Gasteiger partial charge in [0.1, 0.15) is 6.04 Å². The number of nitrogens with one attached hydrogen (secondary N) is 1. The molecule has 2 heterocycles. The van der Waals surface area contributed by atoms with Gasteiger partial charge in [-0.15, -0.1) is 10.2 Å². The van der Waals surface area contributed by atoms with Crippen molar-refractivity contribution in [3.8, 4) is 11.5 Å². The molecular weight excluding hydrogens is 394 g/mol. The molecular formula is C20H24ClN5O3. The van der Waals surface area contributed by atoms with Crippen molar-refractivity contribution in [2.45, 2.75) is 51.7 Å². The van der Waals surface area contributed by atoms with Gasteiger partial charge in [0.05, 0.1) is 13.2 Å². The van der Waals surface area contributed by atoms with Gasteiger partial charge in [0.15, 0.2) is 0 Å². The number of aromatic nitrogens is 2. The third kappa shape index (κ3) is 4.59. The molecule has 2 aromatic rings. The second-order valence-corrected chi connectivity index (χ2v) is 8.46. The zero-order valence-corrected chi connectivity index (χ0v) is 17.2. The molecule has 4 rings (SSSR count). The van der Waals surface area contributed by atoms with Crippen molar-refractivity contribution in [2.75, 3.05) is 6.67 Å². The highest BCUT2D eigenvalue weighted by atomic mass is 35.5. The summed E-state index contributed by atoms with van der Waals surface area (Å²) in [7, 11) is 0. The van der Waals surface area contributed by atoms with Crippen LogP contribution in [0.25, 0.3) is 11.5 Å². The standard InChI is InChI=1S/C20H24ClN5O3/c1-12(2)9-16-19(27)26(20(28)22-16)11-25(15-7-8-15)10-17-23-24-18(29-17)13-3-5-14(21)6-4-13/h3-6,12,15-16H,7-11H2,1-2H3,(H,22,28)/t16-/m0/s1. The van der Waals surface area contributed by atoms with E-state index in [1.807, 2.05) is 30.9 Å². The first-order chi connectivity index (χ1) is 13.9. The van der Waals surface area contributed by atoms with Crippen molar-refractivity contribution in [3.05, 3.63) is 35.2 Å². The summed E-state index contributed by atoms with van der Waals surface area (Å²) in [6, 6.07) is 6.71. The van der Waals surface area contributed by atoms with Crippen LogP contribution in [0.1, 0.15) is 39.0 Å².